The fourth-order valence-electron chi connectivity index (χ4n) is 4.63. The summed E-state index contributed by atoms with van der Waals surface area (Å²) in [7, 11) is 1.60. The standard InChI is InChI=1S/C24H23N3O5/c1-31-16-10-8-15(9-11-16)19-13-20(21-7-4-12-32-21)27(25-19)22(28)14-26-23(29)17-5-2-3-6-18(17)24(26)30/h2-4,7-12,17-18,20H,5-6,13-14H2,1H3. The molecule has 1 saturated heterocycles. The van der Waals surface area contributed by atoms with Gasteiger partial charge in [0.25, 0.3) is 5.91 Å². The second-order valence-corrected chi connectivity index (χ2v) is 8.17. The van der Waals surface area contributed by atoms with Crippen LogP contribution < -0.4 is 4.74 Å². The number of allylic oxidation sites excluding steroid dienone is 2. The number of carbonyl (C=O) groups is 3. The van der Waals surface area contributed by atoms with Crippen LogP contribution in [0.5, 0.6) is 5.75 Å². The maximum absolute atomic E-state index is 13.3. The summed E-state index contributed by atoms with van der Waals surface area (Å²) in [5, 5.41) is 5.92. The number of ether oxygens (including phenoxy) is 1. The number of methoxy groups -OCH3 is 1. The summed E-state index contributed by atoms with van der Waals surface area (Å²) < 4.78 is 10.8. The van der Waals surface area contributed by atoms with Gasteiger partial charge in [0.15, 0.2) is 0 Å². The van der Waals surface area contributed by atoms with Gasteiger partial charge in [-0.3, -0.25) is 19.3 Å². The highest BCUT2D eigenvalue weighted by atomic mass is 16.5. The van der Waals surface area contributed by atoms with Crippen molar-refractivity contribution in [3.63, 3.8) is 0 Å². The summed E-state index contributed by atoms with van der Waals surface area (Å²) in [6.45, 7) is -0.318. The highest BCUT2D eigenvalue weighted by molar-refractivity contribution is 6.08. The number of benzene rings is 1. The normalized spacial score (nSPS) is 24.7. The summed E-state index contributed by atoms with van der Waals surface area (Å²) >= 11 is 0. The minimum absolute atomic E-state index is 0.272. The Hall–Kier alpha value is -3.68. The lowest BCUT2D eigenvalue weighted by molar-refractivity contribution is -0.147. The summed E-state index contributed by atoms with van der Waals surface area (Å²) in [6, 6.07) is 10.6. The van der Waals surface area contributed by atoms with E-state index in [0.717, 1.165) is 21.9 Å². The first-order chi connectivity index (χ1) is 15.6. The van der Waals surface area contributed by atoms with E-state index in [1.54, 1.807) is 25.5 Å². The zero-order valence-electron chi connectivity index (χ0n) is 17.6. The Morgan fingerprint density at radius 3 is 2.38 bits per heavy atom. The number of hydrazone groups is 1. The fraction of sp³-hybridized carbons (Fsp3) is 0.333. The van der Waals surface area contributed by atoms with Crippen molar-refractivity contribution in [1.82, 2.24) is 9.91 Å². The summed E-state index contributed by atoms with van der Waals surface area (Å²) in [6.07, 6.45) is 6.95. The molecule has 0 spiro atoms. The molecule has 0 bridgehead atoms. The van der Waals surface area contributed by atoms with E-state index in [-0.39, 0.29) is 30.2 Å². The van der Waals surface area contributed by atoms with Crippen LogP contribution in [-0.4, -0.2) is 47.0 Å². The van der Waals surface area contributed by atoms with Crippen LogP contribution in [0.15, 0.2) is 64.3 Å². The van der Waals surface area contributed by atoms with E-state index >= 15 is 0 Å². The van der Waals surface area contributed by atoms with E-state index in [0.29, 0.717) is 25.0 Å². The SMILES string of the molecule is COc1ccc(C2=NN(C(=O)CN3C(=O)C4CC=CCC4C3=O)C(c3ccco3)C2)cc1. The molecule has 1 aromatic carbocycles. The van der Waals surface area contributed by atoms with Gasteiger partial charge in [0.2, 0.25) is 11.8 Å². The van der Waals surface area contributed by atoms with Gasteiger partial charge in [-0.15, -0.1) is 0 Å². The molecule has 0 N–H and O–H groups in total. The van der Waals surface area contributed by atoms with Gasteiger partial charge in [0.05, 0.1) is 30.9 Å². The number of rotatable bonds is 5. The van der Waals surface area contributed by atoms with Crippen molar-refractivity contribution in [2.24, 2.45) is 16.9 Å². The van der Waals surface area contributed by atoms with Crippen molar-refractivity contribution in [1.29, 1.82) is 0 Å². The fourth-order valence-corrected chi connectivity index (χ4v) is 4.63. The van der Waals surface area contributed by atoms with E-state index in [1.807, 2.05) is 36.4 Å². The molecule has 3 heterocycles. The Morgan fingerprint density at radius 1 is 1.09 bits per heavy atom. The van der Waals surface area contributed by atoms with Gasteiger partial charge in [-0.2, -0.15) is 5.10 Å². The van der Waals surface area contributed by atoms with Crippen molar-refractivity contribution in [3.8, 4) is 5.75 Å². The maximum atomic E-state index is 13.3. The van der Waals surface area contributed by atoms with E-state index in [9.17, 15) is 14.4 Å². The minimum Gasteiger partial charge on any atom is -0.497 e. The maximum Gasteiger partial charge on any atom is 0.263 e. The number of imide groups is 1. The van der Waals surface area contributed by atoms with Gasteiger partial charge in [-0.1, -0.05) is 12.2 Å². The van der Waals surface area contributed by atoms with Gasteiger partial charge < -0.3 is 9.15 Å². The van der Waals surface area contributed by atoms with Gasteiger partial charge in [-0.05, 0) is 54.8 Å². The quantitative estimate of drug-likeness (QED) is 0.534. The number of hydrogen-bond acceptors (Lipinski definition) is 6. The third-order valence-electron chi connectivity index (χ3n) is 6.35. The Bertz CT molecular complexity index is 1080. The highest BCUT2D eigenvalue weighted by Crippen LogP contribution is 2.37. The topological polar surface area (TPSA) is 92.4 Å². The smallest absolute Gasteiger partial charge is 0.263 e. The zero-order valence-corrected chi connectivity index (χ0v) is 17.6. The number of fused-ring (bicyclic) bond motifs is 1. The number of furan rings is 1. The number of likely N-dealkylation sites (tertiary alicyclic amines) is 1. The molecule has 1 fully saturated rings. The lowest BCUT2D eigenvalue weighted by Gasteiger charge is -2.22. The largest absolute Gasteiger partial charge is 0.497 e. The van der Waals surface area contributed by atoms with Crippen molar-refractivity contribution >= 4 is 23.4 Å². The van der Waals surface area contributed by atoms with Gasteiger partial charge in [0, 0.05) is 6.42 Å². The minimum atomic E-state index is -0.439. The Labute approximate surface area is 185 Å². The summed E-state index contributed by atoms with van der Waals surface area (Å²) in [5.74, 6) is -0.358. The average molecular weight is 433 g/mol. The summed E-state index contributed by atoms with van der Waals surface area (Å²) in [4.78, 5) is 40.0. The first-order valence-corrected chi connectivity index (χ1v) is 10.6. The molecule has 1 aromatic heterocycles. The molecular formula is C24H23N3O5. The van der Waals surface area contributed by atoms with Crippen LogP contribution in [0.1, 0.15) is 36.6 Å². The molecule has 0 radical (unpaired) electrons. The lowest BCUT2D eigenvalue weighted by atomic mass is 9.85. The highest BCUT2D eigenvalue weighted by Gasteiger charge is 2.48. The molecule has 8 heteroatoms. The number of amides is 3. The Morgan fingerprint density at radius 2 is 1.78 bits per heavy atom. The van der Waals surface area contributed by atoms with Crippen molar-refractivity contribution in [3.05, 3.63) is 66.1 Å². The Balaban J connectivity index is 1.40. The second-order valence-electron chi connectivity index (χ2n) is 8.17. The molecular weight excluding hydrogens is 410 g/mol. The first kappa shape index (κ1) is 20.2. The molecule has 164 valence electrons. The monoisotopic (exact) mass is 433 g/mol. The van der Waals surface area contributed by atoms with E-state index in [4.69, 9.17) is 9.15 Å². The third kappa shape index (κ3) is 3.41. The molecule has 0 saturated carbocycles. The molecule has 3 aliphatic rings. The lowest BCUT2D eigenvalue weighted by Crippen LogP contribution is -2.41. The van der Waals surface area contributed by atoms with Crippen molar-refractivity contribution in [2.45, 2.75) is 25.3 Å². The molecule has 2 aromatic rings. The molecule has 1 aliphatic carbocycles. The Kier molecular flexibility index (Phi) is 5.13. The van der Waals surface area contributed by atoms with Gasteiger partial charge in [-0.25, -0.2) is 5.01 Å². The number of carbonyl (C=O) groups excluding carboxylic acids is 3. The van der Waals surface area contributed by atoms with E-state index in [1.165, 1.54) is 5.01 Å². The van der Waals surface area contributed by atoms with Crippen LogP contribution in [0, 0.1) is 11.8 Å². The van der Waals surface area contributed by atoms with Crippen molar-refractivity contribution < 1.29 is 23.5 Å². The van der Waals surface area contributed by atoms with Crippen LogP contribution in [0.4, 0.5) is 0 Å². The number of nitrogens with zero attached hydrogens (tertiary/aromatic N) is 3. The molecule has 3 atom stereocenters. The third-order valence-corrected chi connectivity index (χ3v) is 6.35. The molecule has 2 aliphatic heterocycles. The molecule has 3 unspecified atom stereocenters. The van der Waals surface area contributed by atoms with Crippen LogP contribution in [0.25, 0.3) is 0 Å². The predicted octanol–water partition coefficient (Wildman–Crippen LogP) is 2.92. The first-order valence-electron chi connectivity index (χ1n) is 10.6. The predicted molar refractivity (Wildman–Crippen MR) is 115 cm³/mol. The van der Waals surface area contributed by atoms with Crippen LogP contribution in [0.3, 0.4) is 0 Å². The zero-order chi connectivity index (χ0) is 22.2. The summed E-state index contributed by atoms with van der Waals surface area (Å²) in [5.41, 5.74) is 1.59. The number of hydrogen-bond donors (Lipinski definition) is 0. The van der Waals surface area contributed by atoms with Gasteiger partial charge in [0.1, 0.15) is 24.1 Å². The van der Waals surface area contributed by atoms with Crippen LogP contribution in [-0.2, 0) is 14.4 Å². The van der Waals surface area contributed by atoms with Crippen molar-refractivity contribution in [2.75, 3.05) is 13.7 Å². The molecule has 8 nitrogen and oxygen atoms in total. The van der Waals surface area contributed by atoms with Crippen LogP contribution in [0.2, 0.25) is 0 Å². The molecule has 3 amide bonds. The average Bonchev–Trinajstić information content (AvgIpc) is 3.55. The second kappa shape index (κ2) is 8.11. The van der Waals surface area contributed by atoms with Gasteiger partial charge >= 0.3 is 0 Å². The molecule has 32 heavy (non-hydrogen) atoms. The van der Waals surface area contributed by atoms with Crippen LogP contribution >= 0.6 is 0 Å². The van der Waals surface area contributed by atoms with E-state index < -0.39 is 11.9 Å². The van der Waals surface area contributed by atoms with E-state index in [2.05, 4.69) is 5.10 Å². The molecule has 5 rings (SSSR count).